The van der Waals surface area contributed by atoms with E-state index in [1.807, 2.05) is 45.0 Å². The van der Waals surface area contributed by atoms with E-state index >= 15 is 0 Å². The maximum Gasteiger partial charge on any atom is 0.315 e. The van der Waals surface area contributed by atoms with E-state index in [1.54, 1.807) is 0 Å². The van der Waals surface area contributed by atoms with E-state index in [4.69, 9.17) is 0 Å². The summed E-state index contributed by atoms with van der Waals surface area (Å²) in [7, 11) is 0. The molecule has 4 nitrogen and oxygen atoms in total. The third-order valence-electron chi connectivity index (χ3n) is 5.64. The Morgan fingerprint density at radius 2 is 1.93 bits per heavy atom. The van der Waals surface area contributed by atoms with Crippen LogP contribution in [0.1, 0.15) is 43.2 Å². The summed E-state index contributed by atoms with van der Waals surface area (Å²) in [5.41, 5.74) is 6.43. The second-order valence-electron chi connectivity index (χ2n) is 8.32. The Morgan fingerprint density at radius 1 is 1.14 bits per heavy atom. The van der Waals surface area contributed by atoms with Crippen molar-refractivity contribution in [3.63, 3.8) is 0 Å². The van der Waals surface area contributed by atoms with Crippen molar-refractivity contribution in [3.05, 3.63) is 77.5 Å². The van der Waals surface area contributed by atoms with Gasteiger partial charge in [-0.25, -0.2) is 4.79 Å². The van der Waals surface area contributed by atoms with Gasteiger partial charge in [0.05, 0.1) is 5.54 Å². The van der Waals surface area contributed by atoms with Crippen molar-refractivity contribution in [2.45, 2.75) is 45.2 Å². The number of rotatable bonds is 4. The summed E-state index contributed by atoms with van der Waals surface area (Å²) in [4.78, 5) is 16.2. The fraction of sp³-hybridized carbons (Fsp3) is 0.292. The minimum Gasteiger partial charge on any atom is -0.358 e. The van der Waals surface area contributed by atoms with Gasteiger partial charge in [0.15, 0.2) is 0 Å². The summed E-state index contributed by atoms with van der Waals surface area (Å²) >= 11 is 0. The van der Waals surface area contributed by atoms with Crippen LogP contribution in [0.5, 0.6) is 0 Å². The number of para-hydroxylation sites is 1. The second-order valence-corrected chi connectivity index (χ2v) is 8.32. The Balaban J connectivity index is 1.43. The molecule has 0 aliphatic heterocycles. The van der Waals surface area contributed by atoms with Crippen molar-refractivity contribution in [1.82, 2.24) is 15.6 Å². The first kappa shape index (κ1) is 18.4. The van der Waals surface area contributed by atoms with Crippen LogP contribution in [0.4, 0.5) is 4.79 Å². The van der Waals surface area contributed by atoms with E-state index in [0.717, 1.165) is 29.5 Å². The van der Waals surface area contributed by atoms with Crippen LogP contribution in [0.2, 0.25) is 0 Å². The predicted molar refractivity (Wildman–Crippen MR) is 115 cm³/mol. The zero-order valence-electron chi connectivity index (χ0n) is 16.7. The minimum absolute atomic E-state index is 0.114. The normalized spacial score (nSPS) is 16.0. The first-order valence-electron chi connectivity index (χ1n) is 9.77. The van der Waals surface area contributed by atoms with Crippen LogP contribution in [0.15, 0.2) is 55.1 Å². The molecule has 1 aromatic heterocycles. The highest BCUT2D eigenvalue weighted by Gasteiger charge is 2.29. The Labute approximate surface area is 166 Å². The molecule has 144 valence electrons. The van der Waals surface area contributed by atoms with Crippen LogP contribution in [0, 0.1) is 0 Å². The Kier molecular flexibility index (Phi) is 4.50. The van der Waals surface area contributed by atoms with Crippen LogP contribution in [-0.2, 0) is 18.4 Å². The quantitative estimate of drug-likeness (QED) is 0.598. The number of aromatic nitrogens is 1. The standard InChI is InChI=1S/C24H27N3O/c1-15(2)16-8-7-9-17(12-16)24(3,4)27-23(28)25-18-13-20-19-10-5-6-11-21(19)26-22(20)14-18/h5-12,18,26H,1,13-14H2,2-4H3,(H2,25,27,28). The van der Waals surface area contributed by atoms with Gasteiger partial charge in [0.25, 0.3) is 0 Å². The zero-order chi connectivity index (χ0) is 19.9. The topological polar surface area (TPSA) is 56.9 Å². The van der Waals surface area contributed by atoms with Gasteiger partial charge in [0.2, 0.25) is 0 Å². The average molecular weight is 374 g/mol. The number of allylic oxidation sites excluding steroid dienone is 1. The number of carbonyl (C=O) groups excluding carboxylic acids is 1. The molecule has 1 atom stereocenters. The molecule has 0 fully saturated rings. The molecule has 0 bridgehead atoms. The summed E-state index contributed by atoms with van der Waals surface area (Å²) in [5, 5.41) is 7.55. The van der Waals surface area contributed by atoms with Gasteiger partial charge in [-0.05, 0) is 56.0 Å². The first-order valence-corrected chi connectivity index (χ1v) is 9.77. The first-order chi connectivity index (χ1) is 13.3. The van der Waals surface area contributed by atoms with E-state index < -0.39 is 5.54 Å². The van der Waals surface area contributed by atoms with Crippen molar-refractivity contribution in [2.24, 2.45) is 0 Å². The van der Waals surface area contributed by atoms with Gasteiger partial charge in [-0.3, -0.25) is 0 Å². The predicted octanol–water partition coefficient (Wildman–Crippen LogP) is 4.90. The van der Waals surface area contributed by atoms with Crippen LogP contribution in [-0.4, -0.2) is 17.1 Å². The molecule has 1 aliphatic rings. The summed E-state index contributed by atoms with van der Waals surface area (Å²) in [5.74, 6) is 0. The lowest BCUT2D eigenvalue weighted by Crippen LogP contribution is -2.49. The molecule has 3 N–H and O–H groups in total. The van der Waals surface area contributed by atoms with Crippen molar-refractivity contribution in [2.75, 3.05) is 0 Å². The fourth-order valence-corrected chi connectivity index (χ4v) is 4.08. The smallest absolute Gasteiger partial charge is 0.315 e. The SMILES string of the molecule is C=C(C)c1cccc(C(C)(C)NC(=O)NC2Cc3[nH]c4ccccc4c3C2)c1. The van der Waals surface area contributed by atoms with Crippen molar-refractivity contribution in [1.29, 1.82) is 0 Å². The van der Waals surface area contributed by atoms with Gasteiger partial charge in [-0.15, -0.1) is 0 Å². The average Bonchev–Trinajstić information content (AvgIpc) is 3.18. The van der Waals surface area contributed by atoms with E-state index in [2.05, 4.69) is 46.5 Å². The van der Waals surface area contributed by atoms with Gasteiger partial charge in [0, 0.05) is 29.1 Å². The zero-order valence-corrected chi connectivity index (χ0v) is 16.7. The molecule has 0 spiro atoms. The molecule has 2 aromatic carbocycles. The lowest BCUT2D eigenvalue weighted by Gasteiger charge is -2.28. The van der Waals surface area contributed by atoms with Gasteiger partial charge in [-0.1, -0.05) is 48.6 Å². The third-order valence-corrected chi connectivity index (χ3v) is 5.64. The number of fused-ring (bicyclic) bond motifs is 3. The molecule has 1 aliphatic carbocycles. The Bertz CT molecular complexity index is 1060. The summed E-state index contributed by atoms with van der Waals surface area (Å²) < 4.78 is 0. The van der Waals surface area contributed by atoms with E-state index in [0.29, 0.717) is 0 Å². The highest BCUT2D eigenvalue weighted by atomic mass is 16.2. The van der Waals surface area contributed by atoms with Crippen molar-refractivity contribution in [3.8, 4) is 0 Å². The van der Waals surface area contributed by atoms with Crippen molar-refractivity contribution >= 4 is 22.5 Å². The number of hydrogen-bond acceptors (Lipinski definition) is 1. The van der Waals surface area contributed by atoms with E-state index in [1.165, 1.54) is 22.2 Å². The van der Waals surface area contributed by atoms with Gasteiger partial charge < -0.3 is 15.6 Å². The largest absolute Gasteiger partial charge is 0.358 e. The molecular formula is C24H27N3O. The fourth-order valence-electron chi connectivity index (χ4n) is 4.08. The Morgan fingerprint density at radius 3 is 2.71 bits per heavy atom. The lowest BCUT2D eigenvalue weighted by atomic mass is 9.92. The molecular weight excluding hydrogens is 346 g/mol. The highest BCUT2D eigenvalue weighted by molar-refractivity contribution is 5.85. The number of H-pyrrole nitrogens is 1. The monoisotopic (exact) mass is 373 g/mol. The Hall–Kier alpha value is -3.01. The van der Waals surface area contributed by atoms with Crippen LogP contribution in [0.3, 0.4) is 0 Å². The molecule has 1 heterocycles. The van der Waals surface area contributed by atoms with Crippen LogP contribution in [0.25, 0.3) is 16.5 Å². The molecule has 0 saturated heterocycles. The molecule has 4 heteroatoms. The number of aromatic amines is 1. The minimum atomic E-state index is -0.477. The summed E-state index contributed by atoms with van der Waals surface area (Å²) in [6.45, 7) is 10.0. The molecule has 1 unspecified atom stereocenters. The van der Waals surface area contributed by atoms with Crippen LogP contribution < -0.4 is 10.6 Å². The molecule has 0 saturated carbocycles. The van der Waals surface area contributed by atoms with Crippen LogP contribution >= 0.6 is 0 Å². The molecule has 28 heavy (non-hydrogen) atoms. The molecule has 2 amide bonds. The number of nitrogens with one attached hydrogen (secondary N) is 3. The van der Waals surface area contributed by atoms with E-state index in [-0.39, 0.29) is 12.1 Å². The summed E-state index contributed by atoms with van der Waals surface area (Å²) in [6, 6.07) is 16.5. The molecule has 4 rings (SSSR count). The molecule has 0 radical (unpaired) electrons. The number of benzene rings is 2. The maximum absolute atomic E-state index is 12.7. The molecule has 3 aromatic rings. The third kappa shape index (κ3) is 3.42. The lowest BCUT2D eigenvalue weighted by molar-refractivity contribution is 0.226. The second kappa shape index (κ2) is 6.86. The summed E-state index contributed by atoms with van der Waals surface area (Å²) in [6.07, 6.45) is 1.70. The van der Waals surface area contributed by atoms with Gasteiger partial charge >= 0.3 is 6.03 Å². The maximum atomic E-state index is 12.7. The van der Waals surface area contributed by atoms with Crippen molar-refractivity contribution < 1.29 is 4.79 Å². The number of carbonyl (C=O) groups is 1. The number of hydrogen-bond donors (Lipinski definition) is 3. The van der Waals surface area contributed by atoms with Gasteiger partial charge in [0.1, 0.15) is 0 Å². The number of urea groups is 1. The van der Waals surface area contributed by atoms with Gasteiger partial charge in [-0.2, -0.15) is 0 Å². The van der Waals surface area contributed by atoms with E-state index in [9.17, 15) is 4.79 Å². The highest BCUT2D eigenvalue weighted by Crippen LogP contribution is 2.30. The number of amides is 2.